The maximum absolute atomic E-state index is 14.3. The van der Waals surface area contributed by atoms with Crippen LogP contribution in [0.4, 0.5) is 19.0 Å². The van der Waals surface area contributed by atoms with E-state index in [-0.39, 0.29) is 28.9 Å². The van der Waals surface area contributed by atoms with E-state index in [1.807, 2.05) is 24.3 Å². The van der Waals surface area contributed by atoms with E-state index in [1.54, 1.807) is 32.2 Å². The Morgan fingerprint density at radius 3 is 2.41 bits per heavy atom. The highest BCUT2D eigenvalue weighted by molar-refractivity contribution is 7.92. The molecule has 6 rings (SSSR count). The predicted molar refractivity (Wildman–Crippen MR) is 148 cm³/mol. The van der Waals surface area contributed by atoms with Gasteiger partial charge in [-0.15, -0.1) is 0 Å². The molecule has 0 amide bonds. The lowest BCUT2D eigenvalue weighted by atomic mass is 10.0. The Labute approximate surface area is 234 Å². The number of rotatable bonds is 7. The fourth-order valence-corrected chi connectivity index (χ4v) is 6.41. The molecule has 0 aliphatic heterocycles. The third-order valence-corrected chi connectivity index (χ3v) is 8.87. The Balaban J connectivity index is 1.48. The minimum absolute atomic E-state index is 0.0126. The van der Waals surface area contributed by atoms with E-state index in [0.29, 0.717) is 29.0 Å². The number of sulfonamides is 1. The van der Waals surface area contributed by atoms with Crippen molar-refractivity contribution >= 4 is 26.6 Å². The van der Waals surface area contributed by atoms with Crippen molar-refractivity contribution in [2.45, 2.75) is 50.2 Å². The van der Waals surface area contributed by atoms with Crippen molar-refractivity contribution < 1.29 is 21.6 Å². The van der Waals surface area contributed by atoms with Gasteiger partial charge in [-0.2, -0.15) is 18.3 Å². The normalized spacial score (nSPS) is 14.0. The second-order valence-corrected chi connectivity index (χ2v) is 12.0. The summed E-state index contributed by atoms with van der Waals surface area (Å²) < 4.78 is 69.4. The van der Waals surface area contributed by atoms with E-state index in [1.165, 1.54) is 12.1 Å². The Morgan fingerprint density at radius 1 is 1.00 bits per heavy atom. The van der Waals surface area contributed by atoms with Crippen molar-refractivity contribution in [1.82, 2.24) is 25.1 Å². The Bertz CT molecular complexity index is 1870. The molecule has 1 saturated carbocycles. The lowest BCUT2D eigenvalue weighted by Crippen LogP contribution is -2.32. The number of nitrogens with one attached hydrogen (secondary N) is 1. The SMILES string of the molecule is Cc1n[nH]c(-c2ccc(S(=O)(=O)N(Cc3ccc(C(F)(F)F)cn3)c3ncc4ccccc4c3C3CC3)cc2C)n1. The zero-order valence-corrected chi connectivity index (χ0v) is 23.0. The summed E-state index contributed by atoms with van der Waals surface area (Å²) in [6.07, 6.45) is -0.440. The van der Waals surface area contributed by atoms with Gasteiger partial charge >= 0.3 is 6.18 Å². The van der Waals surface area contributed by atoms with Gasteiger partial charge in [0.2, 0.25) is 0 Å². The van der Waals surface area contributed by atoms with Crippen molar-refractivity contribution in [3.63, 3.8) is 0 Å². The van der Waals surface area contributed by atoms with E-state index in [2.05, 4.69) is 25.1 Å². The van der Waals surface area contributed by atoms with Crippen LogP contribution in [0.5, 0.6) is 0 Å². The van der Waals surface area contributed by atoms with Crippen LogP contribution in [0.1, 0.15) is 47.0 Å². The van der Waals surface area contributed by atoms with Crippen molar-refractivity contribution in [2.75, 3.05) is 4.31 Å². The highest BCUT2D eigenvalue weighted by atomic mass is 32.2. The summed E-state index contributed by atoms with van der Waals surface area (Å²) >= 11 is 0. The number of hydrogen-bond donors (Lipinski definition) is 1. The third kappa shape index (κ3) is 5.15. The minimum atomic E-state index is -4.56. The van der Waals surface area contributed by atoms with Gasteiger partial charge in [0.25, 0.3) is 10.0 Å². The second-order valence-electron chi connectivity index (χ2n) is 10.1. The van der Waals surface area contributed by atoms with E-state index in [9.17, 15) is 21.6 Å². The number of fused-ring (bicyclic) bond motifs is 1. The molecule has 0 saturated heterocycles. The quantitative estimate of drug-likeness (QED) is 0.242. The number of aryl methyl sites for hydroxylation is 2. The van der Waals surface area contributed by atoms with Gasteiger partial charge in [0, 0.05) is 28.9 Å². The van der Waals surface area contributed by atoms with Crippen LogP contribution in [0.15, 0.2) is 71.9 Å². The van der Waals surface area contributed by atoms with Gasteiger partial charge in [0.1, 0.15) is 11.6 Å². The lowest BCUT2D eigenvalue weighted by molar-refractivity contribution is -0.137. The average Bonchev–Trinajstić information content (AvgIpc) is 3.70. The smallest absolute Gasteiger partial charge is 0.259 e. The summed E-state index contributed by atoms with van der Waals surface area (Å²) in [5.74, 6) is 1.45. The summed E-state index contributed by atoms with van der Waals surface area (Å²) in [6.45, 7) is 3.22. The van der Waals surface area contributed by atoms with Gasteiger partial charge in [-0.1, -0.05) is 24.3 Å². The summed E-state index contributed by atoms with van der Waals surface area (Å²) in [5.41, 5.74) is 1.41. The first kappa shape index (κ1) is 26.9. The van der Waals surface area contributed by atoms with Gasteiger partial charge in [0.05, 0.1) is 22.7 Å². The molecule has 41 heavy (non-hydrogen) atoms. The number of aromatic nitrogens is 5. The molecular formula is C29H25F3N6O2S. The van der Waals surface area contributed by atoms with Crippen molar-refractivity contribution in [3.8, 4) is 11.4 Å². The number of pyridine rings is 2. The van der Waals surface area contributed by atoms with Gasteiger partial charge in [-0.05, 0) is 73.9 Å². The molecule has 0 unspecified atom stereocenters. The van der Waals surface area contributed by atoms with Gasteiger partial charge < -0.3 is 0 Å². The molecule has 1 fully saturated rings. The number of anilines is 1. The molecule has 5 aromatic rings. The molecule has 0 atom stereocenters. The first-order chi connectivity index (χ1) is 19.5. The van der Waals surface area contributed by atoms with Crippen molar-refractivity contribution in [3.05, 3.63) is 95.2 Å². The summed E-state index contributed by atoms with van der Waals surface area (Å²) in [4.78, 5) is 12.9. The molecule has 1 aliphatic carbocycles. The molecule has 3 heterocycles. The Hall–Kier alpha value is -4.32. The lowest BCUT2D eigenvalue weighted by Gasteiger charge is -2.26. The largest absolute Gasteiger partial charge is 0.417 e. The molecule has 1 N–H and O–H groups in total. The third-order valence-electron chi connectivity index (χ3n) is 7.14. The van der Waals surface area contributed by atoms with Crippen molar-refractivity contribution in [2.24, 2.45) is 0 Å². The zero-order chi connectivity index (χ0) is 28.9. The molecule has 0 spiro atoms. The van der Waals surface area contributed by atoms with E-state index in [0.717, 1.165) is 39.5 Å². The maximum Gasteiger partial charge on any atom is 0.417 e. The molecule has 1 aliphatic rings. The highest BCUT2D eigenvalue weighted by Gasteiger charge is 2.36. The molecule has 8 nitrogen and oxygen atoms in total. The van der Waals surface area contributed by atoms with Crippen molar-refractivity contribution in [1.29, 1.82) is 0 Å². The van der Waals surface area contributed by atoms with Gasteiger partial charge in [0.15, 0.2) is 5.82 Å². The summed E-state index contributed by atoms with van der Waals surface area (Å²) in [7, 11) is -4.24. The highest BCUT2D eigenvalue weighted by Crippen LogP contribution is 2.48. The predicted octanol–water partition coefficient (Wildman–Crippen LogP) is 6.32. The van der Waals surface area contributed by atoms with Crippen LogP contribution in [0.3, 0.4) is 0 Å². The number of halogens is 3. The topological polar surface area (TPSA) is 105 Å². The number of benzene rings is 2. The molecule has 3 aromatic heterocycles. The van der Waals surface area contributed by atoms with E-state index in [4.69, 9.17) is 0 Å². The Morgan fingerprint density at radius 2 is 1.78 bits per heavy atom. The molecular weight excluding hydrogens is 553 g/mol. The van der Waals surface area contributed by atoms with Crippen LogP contribution in [0.2, 0.25) is 0 Å². The summed E-state index contributed by atoms with van der Waals surface area (Å²) in [5, 5.41) is 8.67. The second kappa shape index (κ2) is 9.95. The monoisotopic (exact) mass is 578 g/mol. The summed E-state index contributed by atoms with van der Waals surface area (Å²) in [6, 6.07) is 14.4. The fourth-order valence-electron chi connectivity index (χ4n) is 4.91. The van der Waals surface area contributed by atoms with Crippen LogP contribution in [-0.2, 0) is 22.7 Å². The van der Waals surface area contributed by atoms with Crippen LogP contribution in [0.25, 0.3) is 22.2 Å². The molecule has 0 radical (unpaired) electrons. The standard InChI is InChI=1S/C29H25F3N6O2S/c1-17-13-23(11-12-24(17)27-35-18(2)36-37-27)41(39,40)38(16-22-10-9-21(15-33-22)29(30,31)32)28-26(19-7-8-19)25-6-4-3-5-20(25)14-34-28/h3-6,9-15,19H,7-8,16H2,1-2H3,(H,35,36,37). The molecule has 12 heteroatoms. The zero-order valence-electron chi connectivity index (χ0n) is 22.1. The van der Waals surface area contributed by atoms with E-state index >= 15 is 0 Å². The minimum Gasteiger partial charge on any atom is -0.259 e. The maximum atomic E-state index is 14.3. The first-order valence-corrected chi connectivity index (χ1v) is 14.4. The Kier molecular flexibility index (Phi) is 6.52. The number of H-pyrrole nitrogens is 1. The van der Waals surface area contributed by atoms with Crippen LogP contribution >= 0.6 is 0 Å². The number of alkyl halides is 3. The number of nitrogens with zero attached hydrogens (tertiary/aromatic N) is 5. The molecule has 2 aromatic carbocycles. The first-order valence-electron chi connectivity index (χ1n) is 12.9. The average molecular weight is 579 g/mol. The van der Waals surface area contributed by atoms with Crippen LogP contribution < -0.4 is 4.31 Å². The molecule has 0 bridgehead atoms. The van der Waals surface area contributed by atoms with Crippen LogP contribution in [-0.4, -0.2) is 33.6 Å². The van der Waals surface area contributed by atoms with Gasteiger partial charge in [-0.25, -0.2) is 22.7 Å². The fraction of sp³-hybridized carbons (Fsp3) is 0.241. The van der Waals surface area contributed by atoms with E-state index < -0.39 is 21.8 Å². The van der Waals surface area contributed by atoms with Gasteiger partial charge in [-0.3, -0.25) is 10.1 Å². The number of aromatic amines is 1. The number of hydrogen-bond acceptors (Lipinski definition) is 6. The van der Waals surface area contributed by atoms with Crippen LogP contribution in [0, 0.1) is 13.8 Å². The molecule has 210 valence electrons.